The summed E-state index contributed by atoms with van der Waals surface area (Å²) < 4.78 is 1.81. The molecule has 19 heavy (non-hydrogen) atoms. The SMILES string of the molecule is CC(O)c1ccc(-n2ncc3ccccc32)c(Cl)c1. The summed E-state index contributed by atoms with van der Waals surface area (Å²) in [5.41, 5.74) is 2.62. The fraction of sp³-hybridized carbons (Fsp3) is 0.133. The number of fused-ring (bicyclic) bond motifs is 1. The lowest BCUT2D eigenvalue weighted by Gasteiger charge is -2.10. The third kappa shape index (κ3) is 2.11. The topological polar surface area (TPSA) is 38.0 Å². The minimum absolute atomic E-state index is 0.527. The molecule has 0 aliphatic rings. The molecule has 0 aliphatic heterocycles. The molecule has 1 heterocycles. The van der Waals surface area contributed by atoms with Gasteiger partial charge < -0.3 is 5.11 Å². The lowest BCUT2D eigenvalue weighted by Crippen LogP contribution is -1.99. The lowest BCUT2D eigenvalue weighted by molar-refractivity contribution is 0.199. The highest BCUT2D eigenvalue weighted by Gasteiger charge is 2.10. The van der Waals surface area contributed by atoms with E-state index in [1.807, 2.05) is 47.3 Å². The van der Waals surface area contributed by atoms with E-state index >= 15 is 0 Å². The molecule has 1 aromatic heterocycles. The van der Waals surface area contributed by atoms with Crippen molar-refractivity contribution in [3.8, 4) is 5.69 Å². The summed E-state index contributed by atoms with van der Waals surface area (Å²) in [5.74, 6) is 0. The van der Waals surface area contributed by atoms with Crippen LogP contribution in [-0.4, -0.2) is 14.9 Å². The molecule has 1 unspecified atom stereocenters. The van der Waals surface area contributed by atoms with Gasteiger partial charge >= 0.3 is 0 Å². The normalized spacial score (nSPS) is 12.8. The van der Waals surface area contributed by atoms with Crippen molar-refractivity contribution in [3.63, 3.8) is 0 Å². The van der Waals surface area contributed by atoms with Gasteiger partial charge in [0.25, 0.3) is 0 Å². The molecule has 0 saturated carbocycles. The first-order valence-corrected chi connectivity index (χ1v) is 6.45. The second-order valence-corrected chi connectivity index (χ2v) is 4.91. The van der Waals surface area contributed by atoms with E-state index in [0.717, 1.165) is 22.2 Å². The molecular weight excluding hydrogens is 260 g/mol. The Morgan fingerprint density at radius 3 is 2.74 bits per heavy atom. The van der Waals surface area contributed by atoms with Crippen molar-refractivity contribution in [2.45, 2.75) is 13.0 Å². The predicted molar refractivity (Wildman–Crippen MR) is 76.7 cm³/mol. The highest BCUT2D eigenvalue weighted by Crippen LogP contribution is 2.27. The number of para-hydroxylation sites is 1. The van der Waals surface area contributed by atoms with E-state index in [1.165, 1.54) is 0 Å². The second kappa shape index (κ2) is 4.68. The lowest BCUT2D eigenvalue weighted by atomic mass is 10.1. The maximum absolute atomic E-state index is 9.56. The van der Waals surface area contributed by atoms with Crippen molar-refractivity contribution in [1.29, 1.82) is 0 Å². The van der Waals surface area contributed by atoms with Crippen LogP contribution in [0.4, 0.5) is 0 Å². The van der Waals surface area contributed by atoms with E-state index in [1.54, 1.807) is 13.0 Å². The van der Waals surface area contributed by atoms with Crippen LogP contribution >= 0.6 is 11.6 Å². The molecule has 0 amide bonds. The summed E-state index contributed by atoms with van der Waals surface area (Å²) in [6, 6.07) is 13.5. The van der Waals surface area contributed by atoms with E-state index in [0.29, 0.717) is 5.02 Å². The molecule has 3 nitrogen and oxygen atoms in total. The molecular formula is C15H13ClN2O. The van der Waals surface area contributed by atoms with Gasteiger partial charge in [-0.15, -0.1) is 0 Å². The average molecular weight is 273 g/mol. The van der Waals surface area contributed by atoms with E-state index in [9.17, 15) is 5.11 Å². The van der Waals surface area contributed by atoms with Crippen molar-refractivity contribution in [2.24, 2.45) is 0 Å². The van der Waals surface area contributed by atoms with Crippen LogP contribution in [0.2, 0.25) is 5.02 Å². The number of benzene rings is 2. The predicted octanol–water partition coefficient (Wildman–Crippen LogP) is 3.73. The van der Waals surface area contributed by atoms with Crippen LogP contribution < -0.4 is 0 Å². The molecule has 0 spiro atoms. The van der Waals surface area contributed by atoms with Crippen molar-refractivity contribution >= 4 is 22.5 Å². The number of aliphatic hydroxyl groups is 1. The number of aliphatic hydroxyl groups excluding tert-OH is 1. The van der Waals surface area contributed by atoms with Crippen LogP contribution in [0.3, 0.4) is 0 Å². The third-order valence-electron chi connectivity index (χ3n) is 3.16. The monoisotopic (exact) mass is 272 g/mol. The molecule has 3 rings (SSSR count). The van der Waals surface area contributed by atoms with Crippen LogP contribution in [-0.2, 0) is 0 Å². The number of hydrogen-bond acceptors (Lipinski definition) is 2. The van der Waals surface area contributed by atoms with Crippen molar-refractivity contribution in [2.75, 3.05) is 0 Å². The summed E-state index contributed by atoms with van der Waals surface area (Å²) in [4.78, 5) is 0. The number of nitrogens with zero attached hydrogens (tertiary/aromatic N) is 2. The van der Waals surface area contributed by atoms with Gasteiger partial charge in [-0.25, -0.2) is 4.68 Å². The van der Waals surface area contributed by atoms with E-state index < -0.39 is 6.10 Å². The summed E-state index contributed by atoms with van der Waals surface area (Å²) in [5, 5.41) is 15.6. The van der Waals surface area contributed by atoms with Gasteiger partial charge in [-0.2, -0.15) is 5.10 Å². The summed E-state index contributed by atoms with van der Waals surface area (Å²) in [6.07, 6.45) is 1.29. The van der Waals surface area contributed by atoms with Crippen LogP contribution in [0.5, 0.6) is 0 Å². The van der Waals surface area contributed by atoms with Gasteiger partial charge in [0, 0.05) is 5.39 Å². The Morgan fingerprint density at radius 1 is 1.21 bits per heavy atom. The summed E-state index contributed by atoms with van der Waals surface area (Å²) in [6.45, 7) is 1.72. The first-order chi connectivity index (χ1) is 9.16. The highest BCUT2D eigenvalue weighted by atomic mass is 35.5. The molecule has 1 N–H and O–H groups in total. The fourth-order valence-corrected chi connectivity index (χ4v) is 2.39. The average Bonchev–Trinajstić information content (AvgIpc) is 2.82. The Kier molecular flexibility index (Phi) is 3.01. The Balaban J connectivity index is 2.17. The minimum atomic E-state index is -0.527. The highest BCUT2D eigenvalue weighted by molar-refractivity contribution is 6.32. The van der Waals surface area contributed by atoms with Crippen LogP contribution in [0.15, 0.2) is 48.7 Å². The molecule has 0 bridgehead atoms. The quantitative estimate of drug-likeness (QED) is 0.772. The smallest absolute Gasteiger partial charge is 0.0839 e. The zero-order chi connectivity index (χ0) is 13.4. The van der Waals surface area contributed by atoms with Gasteiger partial charge in [-0.1, -0.05) is 35.9 Å². The molecule has 4 heteroatoms. The number of rotatable bonds is 2. The Morgan fingerprint density at radius 2 is 2.00 bits per heavy atom. The third-order valence-corrected chi connectivity index (χ3v) is 3.46. The largest absolute Gasteiger partial charge is 0.389 e. The van der Waals surface area contributed by atoms with Crippen LogP contribution in [0.25, 0.3) is 16.6 Å². The zero-order valence-electron chi connectivity index (χ0n) is 10.4. The Labute approximate surface area is 116 Å². The first-order valence-electron chi connectivity index (χ1n) is 6.07. The van der Waals surface area contributed by atoms with E-state index in [2.05, 4.69) is 5.10 Å². The molecule has 3 aromatic rings. The Hall–Kier alpha value is -1.84. The van der Waals surface area contributed by atoms with Crippen molar-refractivity contribution in [1.82, 2.24) is 9.78 Å². The molecule has 96 valence electrons. The first kappa shape index (κ1) is 12.2. The maximum atomic E-state index is 9.56. The van der Waals surface area contributed by atoms with Crippen molar-refractivity contribution < 1.29 is 5.11 Å². The van der Waals surface area contributed by atoms with Gasteiger partial charge in [0.05, 0.1) is 28.5 Å². The van der Waals surface area contributed by atoms with Gasteiger partial charge in [0.1, 0.15) is 0 Å². The van der Waals surface area contributed by atoms with Gasteiger partial charge in [-0.3, -0.25) is 0 Å². The number of halogens is 1. The van der Waals surface area contributed by atoms with Crippen LogP contribution in [0.1, 0.15) is 18.6 Å². The van der Waals surface area contributed by atoms with Gasteiger partial charge in [0.2, 0.25) is 0 Å². The summed E-state index contributed by atoms with van der Waals surface area (Å²) in [7, 11) is 0. The Bertz CT molecular complexity index is 734. The molecule has 1 atom stereocenters. The standard InChI is InChI=1S/C15H13ClN2O/c1-10(19)11-6-7-15(13(16)8-11)18-14-5-3-2-4-12(14)9-17-18/h2-10,19H,1H3. The molecule has 0 radical (unpaired) electrons. The fourth-order valence-electron chi connectivity index (χ4n) is 2.12. The minimum Gasteiger partial charge on any atom is -0.389 e. The van der Waals surface area contributed by atoms with Crippen molar-refractivity contribution in [3.05, 3.63) is 59.2 Å². The molecule has 0 aliphatic carbocycles. The summed E-state index contributed by atoms with van der Waals surface area (Å²) >= 11 is 6.29. The molecule has 0 saturated heterocycles. The van der Waals surface area contributed by atoms with Crippen LogP contribution in [0, 0.1) is 0 Å². The van der Waals surface area contributed by atoms with E-state index in [4.69, 9.17) is 11.6 Å². The van der Waals surface area contributed by atoms with E-state index in [-0.39, 0.29) is 0 Å². The number of hydrogen-bond donors (Lipinski definition) is 1. The molecule has 0 fully saturated rings. The van der Waals surface area contributed by atoms with Gasteiger partial charge in [-0.05, 0) is 30.7 Å². The second-order valence-electron chi connectivity index (χ2n) is 4.50. The zero-order valence-corrected chi connectivity index (χ0v) is 11.2. The maximum Gasteiger partial charge on any atom is 0.0839 e. The molecule has 2 aromatic carbocycles. The van der Waals surface area contributed by atoms with Gasteiger partial charge in [0.15, 0.2) is 0 Å². The number of aromatic nitrogens is 2.